The summed E-state index contributed by atoms with van der Waals surface area (Å²) in [6, 6.07) is 9.13. The zero-order valence-electron chi connectivity index (χ0n) is 19.7. The van der Waals surface area contributed by atoms with Gasteiger partial charge in [0.05, 0.1) is 12.2 Å². The van der Waals surface area contributed by atoms with Gasteiger partial charge in [0.2, 0.25) is 0 Å². The molecule has 3 aromatic heterocycles. The average Bonchev–Trinajstić information content (AvgIpc) is 3.41. The number of thiophene rings is 1. The molecule has 4 rings (SSSR count). The van der Waals surface area contributed by atoms with Crippen LogP contribution >= 0.6 is 11.3 Å². The maximum atomic E-state index is 12.8. The Morgan fingerprint density at radius 2 is 1.80 bits per heavy atom. The van der Waals surface area contributed by atoms with Crippen molar-refractivity contribution in [3.05, 3.63) is 70.0 Å². The molecule has 1 amide bonds. The number of amides is 1. The van der Waals surface area contributed by atoms with Crippen LogP contribution in [0.2, 0.25) is 0 Å². The molecule has 0 aliphatic rings. The lowest BCUT2D eigenvalue weighted by Crippen LogP contribution is -2.22. The van der Waals surface area contributed by atoms with Crippen LogP contribution in [0.25, 0.3) is 16.8 Å². The molecule has 1 N–H and O–H groups in total. The summed E-state index contributed by atoms with van der Waals surface area (Å²) in [7, 11) is 0. The molecule has 10 heteroatoms. The molecule has 35 heavy (non-hydrogen) atoms. The highest BCUT2D eigenvalue weighted by molar-refractivity contribution is 7.15. The highest BCUT2D eigenvalue weighted by atomic mass is 32.1. The third kappa shape index (κ3) is 5.07. The Morgan fingerprint density at radius 3 is 2.54 bits per heavy atom. The summed E-state index contributed by atoms with van der Waals surface area (Å²) >= 11 is 1.21. The van der Waals surface area contributed by atoms with Crippen LogP contribution in [0.1, 0.15) is 44.6 Å². The molecule has 0 atom stereocenters. The predicted molar refractivity (Wildman–Crippen MR) is 132 cm³/mol. The van der Waals surface area contributed by atoms with Crippen molar-refractivity contribution >= 4 is 39.8 Å². The number of aromatic nitrogens is 3. The number of esters is 2. The number of rotatable bonds is 7. The summed E-state index contributed by atoms with van der Waals surface area (Å²) < 4.78 is 12.1. The first kappa shape index (κ1) is 24.1. The summed E-state index contributed by atoms with van der Waals surface area (Å²) in [5, 5.41) is 12.7. The Morgan fingerprint density at radius 1 is 1.00 bits per heavy atom. The number of benzene rings is 1. The number of nitrogens with zero attached hydrogens (tertiary/aromatic N) is 3. The van der Waals surface area contributed by atoms with E-state index in [1.54, 1.807) is 36.6 Å². The molecule has 0 bridgehead atoms. The Balaban J connectivity index is 1.51. The largest absolute Gasteiger partial charge is 0.462 e. The lowest BCUT2D eigenvalue weighted by Gasteiger charge is -2.11. The molecule has 9 nitrogen and oxygen atoms in total. The second kappa shape index (κ2) is 10.1. The molecule has 0 saturated carbocycles. The van der Waals surface area contributed by atoms with Gasteiger partial charge in [-0.3, -0.25) is 9.20 Å². The minimum atomic E-state index is -0.664. The standard InChI is InChI=1S/C25H24N4O5S/c1-5-33-25(32)22-19(18-8-6-14(2)10-15(18)3)13-35-23(22)26-21(30)12-34-24(31)17-7-9-20-28-27-16(4)29(20)11-17/h6-11,13H,5,12H2,1-4H3,(H,26,30). The average molecular weight is 493 g/mol. The second-order valence-electron chi connectivity index (χ2n) is 7.91. The Labute approximate surface area is 205 Å². The van der Waals surface area contributed by atoms with Gasteiger partial charge in [0.15, 0.2) is 12.3 Å². The van der Waals surface area contributed by atoms with Gasteiger partial charge in [0.1, 0.15) is 16.4 Å². The van der Waals surface area contributed by atoms with E-state index in [4.69, 9.17) is 9.47 Å². The third-order valence-corrected chi connectivity index (χ3v) is 6.23. The Kier molecular flexibility index (Phi) is 6.92. The Hall–Kier alpha value is -4.05. The van der Waals surface area contributed by atoms with Gasteiger partial charge in [0.25, 0.3) is 5.91 Å². The Bertz CT molecular complexity index is 1440. The highest BCUT2D eigenvalue weighted by Crippen LogP contribution is 2.37. The number of anilines is 1. The maximum Gasteiger partial charge on any atom is 0.341 e. The first-order valence-corrected chi connectivity index (χ1v) is 11.8. The van der Waals surface area contributed by atoms with Crippen molar-refractivity contribution in [1.29, 1.82) is 0 Å². The number of carbonyl (C=O) groups excluding carboxylic acids is 3. The molecule has 180 valence electrons. The summed E-state index contributed by atoms with van der Waals surface area (Å²) in [4.78, 5) is 37.8. The first-order chi connectivity index (χ1) is 16.8. The van der Waals surface area contributed by atoms with E-state index in [0.717, 1.165) is 16.7 Å². The van der Waals surface area contributed by atoms with E-state index in [1.807, 2.05) is 37.4 Å². The second-order valence-corrected chi connectivity index (χ2v) is 8.79. The molecule has 3 heterocycles. The molecule has 0 fully saturated rings. The minimum Gasteiger partial charge on any atom is -0.462 e. The van der Waals surface area contributed by atoms with Gasteiger partial charge in [-0.1, -0.05) is 23.8 Å². The van der Waals surface area contributed by atoms with Crippen molar-refractivity contribution in [1.82, 2.24) is 14.6 Å². The van der Waals surface area contributed by atoms with Crippen LogP contribution in [-0.2, 0) is 14.3 Å². The molecular formula is C25H24N4O5S. The number of fused-ring (bicyclic) bond motifs is 1. The first-order valence-electron chi connectivity index (χ1n) is 10.9. The van der Waals surface area contributed by atoms with E-state index < -0.39 is 24.5 Å². The van der Waals surface area contributed by atoms with E-state index in [2.05, 4.69) is 15.5 Å². The topological polar surface area (TPSA) is 112 Å². The predicted octanol–water partition coefficient (Wildman–Crippen LogP) is 4.36. The normalized spacial score (nSPS) is 10.9. The van der Waals surface area contributed by atoms with Crippen LogP contribution in [0.15, 0.2) is 41.9 Å². The van der Waals surface area contributed by atoms with Crippen LogP contribution in [-0.4, -0.2) is 45.7 Å². The molecule has 0 unspecified atom stereocenters. The van der Waals surface area contributed by atoms with Crippen LogP contribution in [0.5, 0.6) is 0 Å². The SMILES string of the molecule is CCOC(=O)c1c(-c2ccc(C)cc2C)csc1NC(=O)COC(=O)c1ccc2nnc(C)n2c1. The monoisotopic (exact) mass is 492 g/mol. The van der Waals surface area contributed by atoms with Gasteiger partial charge < -0.3 is 14.8 Å². The van der Waals surface area contributed by atoms with E-state index in [-0.39, 0.29) is 17.7 Å². The van der Waals surface area contributed by atoms with Crippen LogP contribution in [0.3, 0.4) is 0 Å². The van der Waals surface area contributed by atoms with Gasteiger partial charge in [0, 0.05) is 17.1 Å². The summed E-state index contributed by atoms with van der Waals surface area (Å²) in [5.41, 5.74) is 4.79. The lowest BCUT2D eigenvalue weighted by molar-refractivity contribution is -0.119. The fourth-order valence-electron chi connectivity index (χ4n) is 3.67. The smallest absolute Gasteiger partial charge is 0.341 e. The molecule has 0 aliphatic heterocycles. The molecule has 0 aliphatic carbocycles. The van der Waals surface area contributed by atoms with E-state index in [1.165, 1.54) is 11.3 Å². The van der Waals surface area contributed by atoms with E-state index >= 15 is 0 Å². The summed E-state index contributed by atoms with van der Waals surface area (Å²) in [6.45, 7) is 7.12. The zero-order chi connectivity index (χ0) is 25.1. The fourth-order valence-corrected chi connectivity index (χ4v) is 4.64. The summed E-state index contributed by atoms with van der Waals surface area (Å²) in [5.74, 6) is -1.15. The van der Waals surface area contributed by atoms with Gasteiger partial charge in [-0.15, -0.1) is 21.5 Å². The number of pyridine rings is 1. The molecule has 0 radical (unpaired) electrons. The van der Waals surface area contributed by atoms with Gasteiger partial charge in [-0.25, -0.2) is 9.59 Å². The lowest BCUT2D eigenvalue weighted by atomic mass is 9.97. The number of hydrogen-bond acceptors (Lipinski definition) is 8. The summed E-state index contributed by atoms with van der Waals surface area (Å²) in [6.07, 6.45) is 1.55. The molecule has 4 aromatic rings. The molecule has 0 saturated heterocycles. The van der Waals surface area contributed by atoms with Crippen LogP contribution in [0.4, 0.5) is 5.00 Å². The van der Waals surface area contributed by atoms with Crippen LogP contribution < -0.4 is 5.32 Å². The van der Waals surface area contributed by atoms with Crippen LogP contribution in [0, 0.1) is 20.8 Å². The number of hydrogen-bond donors (Lipinski definition) is 1. The van der Waals surface area contributed by atoms with Crippen molar-refractivity contribution in [2.75, 3.05) is 18.5 Å². The highest BCUT2D eigenvalue weighted by Gasteiger charge is 2.24. The van der Waals surface area contributed by atoms with Gasteiger partial charge in [-0.05, 0) is 51.0 Å². The molecule has 1 aromatic carbocycles. The molecule has 0 spiro atoms. The molecular weight excluding hydrogens is 468 g/mol. The number of aryl methyl sites for hydroxylation is 3. The number of nitrogens with one attached hydrogen (secondary N) is 1. The van der Waals surface area contributed by atoms with Crippen molar-refractivity contribution in [2.24, 2.45) is 0 Å². The zero-order valence-corrected chi connectivity index (χ0v) is 20.6. The minimum absolute atomic E-state index is 0.197. The van der Waals surface area contributed by atoms with Crippen molar-refractivity contribution in [2.45, 2.75) is 27.7 Å². The third-order valence-electron chi connectivity index (χ3n) is 5.34. The van der Waals surface area contributed by atoms with Crippen molar-refractivity contribution in [3.63, 3.8) is 0 Å². The van der Waals surface area contributed by atoms with E-state index in [9.17, 15) is 14.4 Å². The van der Waals surface area contributed by atoms with Gasteiger partial charge >= 0.3 is 11.9 Å². The maximum absolute atomic E-state index is 12.8. The quantitative estimate of drug-likeness (QED) is 0.382. The van der Waals surface area contributed by atoms with Crippen molar-refractivity contribution in [3.8, 4) is 11.1 Å². The fraction of sp³-hybridized carbons (Fsp3) is 0.240. The number of carbonyl (C=O) groups is 3. The number of ether oxygens (including phenoxy) is 2. The van der Waals surface area contributed by atoms with Gasteiger partial charge in [-0.2, -0.15) is 0 Å². The van der Waals surface area contributed by atoms with E-state index in [0.29, 0.717) is 22.0 Å². The van der Waals surface area contributed by atoms with Crippen molar-refractivity contribution < 1.29 is 23.9 Å².